The van der Waals surface area contributed by atoms with Gasteiger partial charge in [0.15, 0.2) is 0 Å². The van der Waals surface area contributed by atoms with Crippen molar-refractivity contribution >= 4 is 23.4 Å². The fraction of sp³-hybridized carbons (Fsp3) is 0.231. The Hall–Kier alpha value is -1.81. The maximum atomic E-state index is 5.83. The van der Waals surface area contributed by atoms with E-state index in [0.29, 0.717) is 12.5 Å². The zero-order chi connectivity index (χ0) is 13.0. The maximum Gasteiger partial charge on any atom is 0.224 e. The summed E-state index contributed by atoms with van der Waals surface area (Å²) in [6, 6.07) is 9.56. The van der Waals surface area contributed by atoms with Crippen LogP contribution in [0.2, 0.25) is 5.02 Å². The highest BCUT2D eigenvalue weighted by Gasteiger charge is 2.00. The highest BCUT2D eigenvalue weighted by atomic mass is 35.5. The second-order valence-electron chi connectivity index (χ2n) is 4.11. The molecule has 1 aromatic heterocycles. The Morgan fingerprint density at radius 2 is 1.89 bits per heavy atom. The van der Waals surface area contributed by atoms with E-state index in [-0.39, 0.29) is 0 Å². The third-order valence-corrected chi connectivity index (χ3v) is 2.71. The number of halogens is 1. The van der Waals surface area contributed by atoms with Gasteiger partial charge in [-0.25, -0.2) is 4.98 Å². The Morgan fingerprint density at radius 3 is 2.56 bits per heavy atom. The summed E-state index contributed by atoms with van der Waals surface area (Å²) in [6.07, 6.45) is 1.74. The van der Waals surface area contributed by atoms with Gasteiger partial charge in [0.1, 0.15) is 5.82 Å². The molecule has 2 aromatic rings. The normalized spacial score (nSPS) is 10.2. The lowest BCUT2D eigenvalue weighted by Crippen LogP contribution is -2.12. The third kappa shape index (κ3) is 3.34. The fourth-order valence-corrected chi connectivity index (χ4v) is 1.59. The molecule has 4 nitrogen and oxygen atoms in total. The van der Waals surface area contributed by atoms with Crippen LogP contribution in [0, 0.1) is 0 Å². The highest BCUT2D eigenvalue weighted by molar-refractivity contribution is 6.30. The molecular weight excluding hydrogens is 248 g/mol. The van der Waals surface area contributed by atoms with Gasteiger partial charge in [-0.3, -0.25) is 0 Å². The minimum atomic E-state index is 0.621. The Kier molecular flexibility index (Phi) is 3.99. The molecule has 0 saturated heterocycles. The molecular formula is C13H15ClN4. The smallest absolute Gasteiger partial charge is 0.224 e. The zero-order valence-corrected chi connectivity index (χ0v) is 11.1. The monoisotopic (exact) mass is 262 g/mol. The molecule has 0 aliphatic heterocycles. The Morgan fingerprint density at radius 1 is 1.17 bits per heavy atom. The standard InChI is InChI=1S/C13H15ClN4/c1-18(2)12-7-8-15-13(17-12)16-9-10-3-5-11(14)6-4-10/h3-8H,9H2,1-2H3,(H,15,16,17). The van der Waals surface area contributed by atoms with Crippen LogP contribution in [-0.2, 0) is 6.54 Å². The van der Waals surface area contributed by atoms with Crippen LogP contribution in [0.4, 0.5) is 11.8 Å². The summed E-state index contributed by atoms with van der Waals surface area (Å²) >= 11 is 5.83. The van der Waals surface area contributed by atoms with Gasteiger partial charge in [-0.1, -0.05) is 23.7 Å². The van der Waals surface area contributed by atoms with Crippen molar-refractivity contribution in [1.82, 2.24) is 9.97 Å². The Bertz CT molecular complexity index is 511. The van der Waals surface area contributed by atoms with Crippen molar-refractivity contribution in [3.05, 3.63) is 47.1 Å². The molecule has 0 fully saturated rings. The van der Waals surface area contributed by atoms with E-state index < -0.39 is 0 Å². The molecule has 0 spiro atoms. The molecule has 1 heterocycles. The van der Waals surface area contributed by atoms with Gasteiger partial charge in [0.25, 0.3) is 0 Å². The van der Waals surface area contributed by atoms with E-state index in [1.54, 1.807) is 6.20 Å². The quantitative estimate of drug-likeness (QED) is 0.920. The largest absolute Gasteiger partial charge is 0.363 e. The average Bonchev–Trinajstić information content (AvgIpc) is 2.38. The minimum absolute atomic E-state index is 0.621. The number of nitrogens with one attached hydrogen (secondary N) is 1. The molecule has 1 N–H and O–H groups in total. The molecule has 0 radical (unpaired) electrons. The summed E-state index contributed by atoms with van der Waals surface area (Å²) in [5.41, 5.74) is 1.14. The predicted molar refractivity (Wildman–Crippen MR) is 75.1 cm³/mol. The van der Waals surface area contributed by atoms with Crippen LogP contribution in [-0.4, -0.2) is 24.1 Å². The lowest BCUT2D eigenvalue weighted by atomic mass is 10.2. The summed E-state index contributed by atoms with van der Waals surface area (Å²) in [6.45, 7) is 0.675. The summed E-state index contributed by atoms with van der Waals surface area (Å²) in [4.78, 5) is 10.5. The van der Waals surface area contributed by atoms with E-state index >= 15 is 0 Å². The molecule has 94 valence electrons. The van der Waals surface area contributed by atoms with Crippen molar-refractivity contribution < 1.29 is 0 Å². The highest BCUT2D eigenvalue weighted by Crippen LogP contribution is 2.12. The van der Waals surface area contributed by atoms with Gasteiger partial charge in [0.2, 0.25) is 5.95 Å². The van der Waals surface area contributed by atoms with Crippen molar-refractivity contribution in [3.8, 4) is 0 Å². The summed E-state index contributed by atoms with van der Waals surface area (Å²) in [5.74, 6) is 1.50. The van der Waals surface area contributed by atoms with Crippen molar-refractivity contribution in [2.24, 2.45) is 0 Å². The van der Waals surface area contributed by atoms with Crippen LogP contribution in [0.15, 0.2) is 36.5 Å². The van der Waals surface area contributed by atoms with Crippen molar-refractivity contribution in [3.63, 3.8) is 0 Å². The molecule has 0 unspecified atom stereocenters. The second-order valence-corrected chi connectivity index (χ2v) is 4.55. The molecule has 0 aliphatic carbocycles. The van der Waals surface area contributed by atoms with E-state index in [2.05, 4.69) is 15.3 Å². The summed E-state index contributed by atoms with van der Waals surface area (Å²) < 4.78 is 0. The number of rotatable bonds is 4. The first-order valence-electron chi connectivity index (χ1n) is 5.64. The van der Waals surface area contributed by atoms with Gasteiger partial charge in [0.05, 0.1) is 0 Å². The number of nitrogens with zero attached hydrogens (tertiary/aromatic N) is 3. The summed E-state index contributed by atoms with van der Waals surface area (Å²) in [5, 5.41) is 3.92. The van der Waals surface area contributed by atoms with E-state index in [1.165, 1.54) is 0 Å². The van der Waals surface area contributed by atoms with Gasteiger partial charge in [-0.2, -0.15) is 4.98 Å². The van der Waals surface area contributed by atoms with Gasteiger partial charge in [0, 0.05) is 31.9 Å². The van der Waals surface area contributed by atoms with Crippen molar-refractivity contribution in [2.45, 2.75) is 6.54 Å². The zero-order valence-electron chi connectivity index (χ0n) is 10.4. The van der Waals surface area contributed by atoms with E-state index in [9.17, 15) is 0 Å². The van der Waals surface area contributed by atoms with Gasteiger partial charge >= 0.3 is 0 Å². The topological polar surface area (TPSA) is 41.1 Å². The second kappa shape index (κ2) is 5.69. The van der Waals surface area contributed by atoms with Crippen LogP contribution in [0.3, 0.4) is 0 Å². The third-order valence-electron chi connectivity index (χ3n) is 2.46. The number of anilines is 2. The molecule has 0 bridgehead atoms. The molecule has 0 aliphatic rings. The Balaban J connectivity index is 2.01. The lowest BCUT2D eigenvalue weighted by Gasteiger charge is -2.12. The molecule has 18 heavy (non-hydrogen) atoms. The van der Waals surface area contributed by atoms with Gasteiger partial charge in [-0.15, -0.1) is 0 Å². The average molecular weight is 263 g/mol. The van der Waals surface area contributed by atoms with Crippen LogP contribution < -0.4 is 10.2 Å². The first kappa shape index (κ1) is 12.6. The Labute approximate surface area is 112 Å². The van der Waals surface area contributed by atoms with Crippen LogP contribution in [0.25, 0.3) is 0 Å². The first-order chi connectivity index (χ1) is 8.65. The van der Waals surface area contributed by atoms with E-state index in [0.717, 1.165) is 16.4 Å². The molecule has 0 saturated carbocycles. The lowest BCUT2D eigenvalue weighted by molar-refractivity contribution is 1.01. The van der Waals surface area contributed by atoms with E-state index in [1.807, 2.05) is 49.3 Å². The SMILES string of the molecule is CN(C)c1ccnc(NCc2ccc(Cl)cc2)n1. The number of aromatic nitrogens is 2. The van der Waals surface area contributed by atoms with Crippen LogP contribution in [0.5, 0.6) is 0 Å². The van der Waals surface area contributed by atoms with Crippen molar-refractivity contribution in [1.29, 1.82) is 0 Å². The van der Waals surface area contributed by atoms with Gasteiger partial charge < -0.3 is 10.2 Å². The van der Waals surface area contributed by atoms with Gasteiger partial charge in [-0.05, 0) is 23.8 Å². The summed E-state index contributed by atoms with van der Waals surface area (Å²) in [7, 11) is 3.90. The predicted octanol–water partition coefficient (Wildman–Crippen LogP) is 2.81. The first-order valence-corrected chi connectivity index (χ1v) is 6.01. The minimum Gasteiger partial charge on any atom is -0.363 e. The molecule has 2 rings (SSSR count). The molecule has 1 aromatic carbocycles. The fourth-order valence-electron chi connectivity index (χ4n) is 1.47. The number of benzene rings is 1. The number of hydrogen-bond acceptors (Lipinski definition) is 4. The molecule has 0 amide bonds. The number of hydrogen-bond donors (Lipinski definition) is 1. The van der Waals surface area contributed by atoms with E-state index in [4.69, 9.17) is 11.6 Å². The van der Waals surface area contributed by atoms with Crippen LogP contribution in [0.1, 0.15) is 5.56 Å². The molecule has 5 heteroatoms. The van der Waals surface area contributed by atoms with Crippen LogP contribution >= 0.6 is 11.6 Å². The maximum absolute atomic E-state index is 5.83. The van der Waals surface area contributed by atoms with Crippen molar-refractivity contribution in [2.75, 3.05) is 24.3 Å². The molecule has 0 atom stereocenters.